The van der Waals surface area contributed by atoms with Crippen molar-refractivity contribution in [2.24, 2.45) is 0 Å². The molecule has 3 amide bonds. The molecule has 31 heavy (non-hydrogen) atoms. The number of unbranched alkanes of at least 4 members (excludes halogenated alkanes) is 1. The largest absolute Gasteiger partial charge is 0.385 e. The van der Waals surface area contributed by atoms with E-state index in [0.29, 0.717) is 51.6 Å². The minimum atomic E-state index is -0.806. The van der Waals surface area contributed by atoms with E-state index in [0.717, 1.165) is 18.4 Å². The number of piperidine rings is 1. The number of carbonyl (C=O) groups is 2. The lowest BCUT2D eigenvalue weighted by Gasteiger charge is -2.42. The minimum absolute atomic E-state index is 0.0699. The summed E-state index contributed by atoms with van der Waals surface area (Å²) in [5.74, 6) is 0.597. The second-order valence-corrected chi connectivity index (χ2v) is 8.08. The molecular formula is C23H29N5O3. The zero-order valence-electron chi connectivity index (χ0n) is 17.9. The fourth-order valence-corrected chi connectivity index (χ4v) is 4.50. The maximum absolute atomic E-state index is 13.6. The van der Waals surface area contributed by atoms with Crippen molar-refractivity contribution < 1.29 is 14.3 Å². The van der Waals surface area contributed by atoms with Crippen molar-refractivity contribution in [1.82, 2.24) is 19.8 Å². The lowest BCUT2D eigenvalue weighted by Crippen LogP contribution is -2.56. The average molecular weight is 424 g/mol. The molecule has 1 spiro atoms. The molecule has 0 bridgehead atoms. The number of methoxy groups -OCH3 is 1. The topological polar surface area (TPSA) is 78.9 Å². The second-order valence-electron chi connectivity index (χ2n) is 8.08. The first-order valence-corrected chi connectivity index (χ1v) is 10.8. The maximum atomic E-state index is 13.6. The van der Waals surface area contributed by atoms with Crippen LogP contribution in [-0.4, -0.2) is 70.6 Å². The van der Waals surface area contributed by atoms with Gasteiger partial charge in [-0.15, -0.1) is 0 Å². The molecule has 0 N–H and O–H groups in total. The number of aromatic nitrogens is 2. The molecule has 3 heterocycles. The molecule has 8 nitrogen and oxygen atoms in total. The lowest BCUT2D eigenvalue weighted by molar-refractivity contribution is -0.134. The summed E-state index contributed by atoms with van der Waals surface area (Å²) in [6.07, 6.45) is 6.14. The summed E-state index contributed by atoms with van der Waals surface area (Å²) in [4.78, 5) is 41.0. The first-order chi connectivity index (χ1) is 15.2. The van der Waals surface area contributed by atoms with E-state index < -0.39 is 5.54 Å². The first kappa shape index (κ1) is 21.2. The van der Waals surface area contributed by atoms with Gasteiger partial charge in [-0.2, -0.15) is 0 Å². The third-order valence-corrected chi connectivity index (χ3v) is 6.21. The van der Waals surface area contributed by atoms with E-state index in [-0.39, 0.29) is 11.9 Å². The fourth-order valence-electron chi connectivity index (χ4n) is 4.50. The molecule has 2 aliphatic rings. The highest BCUT2D eigenvalue weighted by atomic mass is 16.5. The van der Waals surface area contributed by atoms with Gasteiger partial charge in [0, 0.05) is 52.3 Å². The highest BCUT2D eigenvalue weighted by Crippen LogP contribution is 2.39. The monoisotopic (exact) mass is 423 g/mol. The highest BCUT2D eigenvalue weighted by molar-refractivity contribution is 6.07. The molecule has 2 saturated heterocycles. The first-order valence-electron chi connectivity index (χ1n) is 10.8. The molecule has 4 rings (SSSR count). The lowest BCUT2D eigenvalue weighted by atomic mass is 9.85. The van der Waals surface area contributed by atoms with Crippen LogP contribution >= 0.6 is 0 Å². The van der Waals surface area contributed by atoms with Gasteiger partial charge in [-0.25, -0.2) is 14.8 Å². The van der Waals surface area contributed by atoms with Crippen molar-refractivity contribution in [2.45, 2.75) is 37.8 Å². The van der Waals surface area contributed by atoms with Crippen molar-refractivity contribution >= 4 is 17.9 Å². The Labute approximate surface area is 182 Å². The number of hydrogen-bond donors (Lipinski definition) is 0. The molecule has 164 valence electrons. The number of anilines is 1. The molecule has 2 aromatic rings. The van der Waals surface area contributed by atoms with Gasteiger partial charge in [-0.3, -0.25) is 9.69 Å². The van der Waals surface area contributed by atoms with Crippen LogP contribution in [0.4, 0.5) is 10.7 Å². The average Bonchev–Trinajstić information content (AvgIpc) is 3.00. The van der Waals surface area contributed by atoms with Crippen molar-refractivity contribution in [1.29, 1.82) is 0 Å². The number of hydrogen-bond acceptors (Lipinski definition) is 6. The summed E-state index contributed by atoms with van der Waals surface area (Å²) in [5, 5.41) is 0. The molecule has 1 aromatic heterocycles. The van der Waals surface area contributed by atoms with E-state index in [4.69, 9.17) is 4.74 Å². The van der Waals surface area contributed by atoms with Crippen LogP contribution in [0.2, 0.25) is 0 Å². The molecule has 0 saturated carbocycles. The van der Waals surface area contributed by atoms with Gasteiger partial charge in [0.1, 0.15) is 5.54 Å². The van der Waals surface area contributed by atoms with Gasteiger partial charge in [0.05, 0.1) is 0 Å². The zero-order chi connectivity index (χ0) is 21.7. The molecule has 0 radical (unpaired) electrons. The molecule has 0 unspecified atom stereocenters. The predicted octanol–water partition coefficient (Wildman–Crippen LogP) is 2.71. The number of benzene rings is 1. The number of imide groups is 1. The third-order valence-electron chi connectivity index (χ3n) is 6.21. The van der Waals surface area contributed by atoms with E-state index in [1.54, 1.807) is 30.5 Å². The van der Waals surface area contributed by atoms with Crippen LogP contribution in [0.15, 0.2) is 48.8 Å². The highest BCUT2D eigenvalue weighted by Gasteiger charge is 2.57. The molecule has 2 aliphatic heterocycles. The Morgan fingerprint density at radius 3 is 2.39 bits per heavy atom. The number of urea groups is 1. The molecule has 2 fully saturated rings. The van der Waals surface area contributed by atoms with E-state index in [1.807, 2.05) is 30.3 Å². The zero-order valence-corrected chi connectivity index (χ0v) is 17.9. The number of rotatable bonds is 8. The van der Waals surface area contributed by atoms with Crippen molar-refractivity contribution in [3.63, 3.8) is 0 Å². The van der Waals surface area contributed by atoms with Gasteiger partial charge < -0.3 is 14.5 Å². The van der Waals surface area contributed by atoms with Gasteiger partial charge in [-0.1, -0.05) is 30.3 Å². The van der Waals surface area contributed by atoms with E-state index >= 15 is 0 Å². The predicted molar refractivity (Wildman–Crippen MR) is 116 cm³/mol. The second kappa shape index (κ2) is 9.43. The SMILES string of the molecule is COCCCCN1C(=O)N(Cc2ccccc2)C2(CCN(c3ncccn3)CC2)C1=O. The summed E-state index contributed by atoms with van der Waals surface area (Å²) in [7, 11) is 1.66. The summed E-state index contributed by atoms with van der Waals surface area (Å²) < 4.78 is 5.11. The van der Waals surface area contributed by atoms with Crippen LogP contribution in [-0.2, 0) is 16.1 Å². The molecule has 1 aromatic carbocycles. The smallest absolute Gasteiger partial charge is 0.327 e. The third kappa shape index (κ3) is 4.25. The van der Waals surface area contributed by atoms with Crippen LogP contribution < -0.4 is 4.90 Å². The van der Waals surface area contributed by atoms with Crippen LogP contribution in [0.3, 0.4) is 0 Å². The number of ether oxygens (including phenoxy) is 1. The van der Waals surface area contributed by atoms with Gasteiger partial charge in [0.2, 0.25) is 5.95 Å². The van der Waals surface area contributed by atoms with E-state index in [9.17, 15) is 9.59 Å². The van der Waals surface area contributed by atoms with Crippen LogP contribution in [0, 0.1) is 0 Å². The maximum Gasteiger partial charge on any atom is 0.327 e. The van der Waals surface area contributed by atoms with Gasteiger partial charge >= 0.3 is 6.03 Å². The fraction of sp³-hybridized carbons (Fsp3) is 0.478. The van der Waals surface area contributed by atoms with Crippen LogP contribution in [0.25, 0.3) is 0 Å². The van der Waals surface area contributed by atoms with Crippen LogP contribution in [0.5, 0.6) is 0 Å². The standard InChI is InChI=1S/C23H29N5O3/c1-31-17-6-5-14-27-20(29)23(28(22(27)30)18-19-8-3-2-4-9-19)10-15-26(16-11-23)21-24-12-7-13-25-21/h2-4,7-9,12-13H,5-6,10-11,14-18H2,1H3. The Morgan fingerprint density at radius 2 is 1.71 bits per heavy atom. The van der Waals surface area contributed by atoms with Crippen molar-refractivity contribution in [3.8, 4) is 0 Å². The van der Waals surface area contributed by atoms with Gasteiger partial charge in [0.25, 0.3) is 5.91 Å². The summed E-state index contributed by atoms with van der Waals surface area (Å²) >= 11 is 0. The number of amides is 3. The quantitative estimate of drug-likeness (QED) is 0.480. The van der Waals surface area contributed by atoms with Gasteiger partial charge in [-0.05, 0) is 37.3 Å². The Bertz CT molecular complexity index is 885. The summed E-state index contributed by atoms with van der Waals surface area (Å²) in [6.45, 7) is 2.75. The number of nitrogens with zero attached hydrogens (tertiary/aromatic N) is 5. The Balaban J connectivity index is 1.55. The van der Waals surface area contributed by atoms with E-state index in [1.165, 1.54) is 4.90 Å². The summed E-state index contributed by atoms with van der Waals surface area (Å²) in [5.41, 5.74) is 0.220. The van der Waals surface area contributed by atoms with Crippen molar-refractivity contribution in [3.05, 3.63) is 54.4 Å². The number of carbonyl (C=O) groups excluding carboxylic acids is 2. The molecule has 0 aliphatic carbocycles. The van der Waals surface area contributed by atoms with Crippen molar-refractivity contribution in [2.75, 3.05) is 38.3 Å². The normalized spacial score (nSPS) is 18.3. The Morgan fingerprint density at radius 1 is 1.00 bits per heavy atom. The van der Waals surface area contributed by atoms with Gasteiger partial charge in [0.15, 0.2) is 0 Å². The van der Waals surface area contributed by atoms with Crippen LogP contribution in [0.1, 0.15) is 31.2 Å². The Hall–Kier alpha value is -3.00. The minimum Gasteiger partial charge on any atom is -0.385 e. The Kier molecular flexibility index (Phi) is 6.46. The molecule has 0 atom stereocenters. The summed E-state index contributed by atoms with van der Waals surface area (Å²) in [6, 6.07) is 11.5. The molecule has 8 heteroatoms. The molecular weight excluding hydrogens is 394 g/mol. The van der Waals surface area contributed by atoms with E-state index in [2.05, 4.69) is 14.9 Å².